The highest BCUT2D eigenvalue weighted by molar-refractivity contribution is 14.0. The van der Waals surface area contributed by atoms with Gasteiger partial charge in [-0.25, -0.2) is 0 Å². The Morgan fingerprint density at radius 1 is 1.29 bits per heavy atom. The summed E-state index contributed by atoms with van der Waals surface area (Å²) in [6.45, 7) is 5.27. The van der Waals surface area contributed by atoms with E-state index < -0.39 is 0 Å². The molecule has 1 atom stereocenters. The van der Waals surface area contributed by atoms with Crippen molar-refractivity contribution in [3.63, 3.8) is 0 Å². The van der Waals surface area contributed by atoms with Gasteiger partial charge in [0.2, 0.25) is 0 Å². The van der Waals surface area contributed by atoms with Crippen LogP contribution in [0.5, 0.6) is 0 Å². The molecule has 126 valence electrons. The highest BCUT2D eigenvalue weighted by Crippen LogP contribution is 2.07. The van der Waals surface area contributed by atoms with E-state index in [9.17, 15) is 0 Å². The fraction of sp³-hybridized carbons (Fsp3) is 0.929. The molecule has 0 aromatic heterocycles. The largest absolute Gasteiger partial charge is 0.379 e. The molecule has 21 heavy (non-hydrogen) atoms. The van der Waals surface area contributed by atoms with Crippen molar-refractivity contribution in [2.75, 3.05) is 60.6 Å². The predicted octanol–water partition coefficient (Wildman–Crippen LogP) is 0.917. The highest BCUT2D eigenvalue weighted by Gasteiger charge is 2.15. The summed E-state index contributed by atoms with van der Waals surface area (Å²) in [6.07, 6.45) is 3.43. The summed E-state index contributed by atoms with van der Waals surface area (Å²) < 4.78 is 11.0. The first-order chi connectivity index (χ1) is 9.72. The minimum absolute atomic E-state index is 0. The van der Waals surface area contributed by atoms with Gasteiger partial charge >= 0.3 is 0 Å². The molecule has 0 amide bonds. The van der Waals surface area contributed by atoms with Crippen LogP contribution in [0.1, 0.15) is 19.3 Å². The molecule has 0 saturated carbocycles. The quantitative estimate of drug-likeness (QED) is 0.254. The lowest BCUT2D eigenvalue weighted by atomic mass is 10.3. The van der Waals surface area contributed by atoms with Crippen LogP contribution in [-0.2, 0) is 9.47 Å². The molecule has 6 nitrogen and oxygen atoms in total. The van der Waals surface area contributed by atoms with Crippen molar-refractivity contribution in [1.29, 1.82) is 0 Å². The van der Waals surface area contributed by atoms with Crippen molar-refractivity contribution in [3.05, 3.63) is 0 Å². The first kappa shape index (κ1) is 20.9. The fourth-order valence-electron chi connectivity index (χ4n) is 2.00. The van der Waals surface area contributed by atoms with Gasteiger partial charge in [0.1, 0.15) is 0 Å². The van der Waals surface area contributed by atoms with Gasteiger partial charge in [-0.3, -0.25) is 4.99 Å². The number of aliphatic imine (C=N–C) groups is 1. The van der Waals surface area contributed by atoms with Crippen LogP contribution in [0.25, 0.3) is 0 Å². The van der Waals surface area contributed by atoms with E-state index in [1.807, 2.05) is 0 Å². The second kappa shape index (κ2) is 13.5. The zero-order chi connectivity index (χ0) is 14.6. The molecule has 1 rings (SSSR count). The summed E-state index contributed by atoms with van der Waals surface area (Å²) in [4.78, 5) is 6.38. The Labute approximate surface area is 146 Å². The summed E-state index contributed by atoms with van der Waals surface area (Å²) >= 11 is 0. The molecule has 0 radical (unpaired) electrons. The third kappa shape index (κ3) is 11.1. The molecule has 1 unspecified atom stereocenters. The van der Waals surface area contributed by atoms with Gasteiger partial charge in [0, 0.05) is 33.4 Å². The van der Waals surface area contributed by atoms with E-state index >= 15 is 0 Å². The van der Waals surface area contributed by atoms with E-state index in [1.165, 1.54) is 0 Å². The van der Waals surface area contributed by atoms with Crippen LogP contribution in [0, 0.1) is 0 Å². The Kier molecular flexibility index (Phi) is 13.5. The van der Waals surface area contributed by atoms with Gasteiger partial charge in [-0.1, -0.05) is 0 Å². The molecule has 1 aliphatic heterocycles. The van der Waals surface area contributed by atoms with Gasteiger partial charge in [0.25, 0.3) is 0 Å². The Balaban J connectivity index is 0.00000400. The number of guanidine groups is 1. The Bertz CT molecular complexity index is 272. The zero-order valence-corrected chi connectivity index (χ0v) is 15.9. The van der Waals surface area contributed by atoms with Crippen LogP contribution in [0.15, 0.2) is 4.99 Å². The average Bonchev–Trinajstić information content (AvgIpc) is 2.93. The molecule has 1 aliphatic rings. The molecule has 0 aromatic carbocycles. The Morgan fingerprint density at radius 2 is 2.00 bits per heavy atom. The van der Waals surface area contributed by atoms with Crippen LogP contribution in [-0.4, -0.2) is 77.6 Å². The number of halogens is 1. The lowest BCUT2D eigenvalue weighted by molar-refractivity contribution is 0.0420. The van der Waals surface area contributed by atoms with Crippen molar-refractivity contribution < 1.29 is 9.47 Å². The summed E-state index contributed by atoms with van der Waals surface area (Å²) in [6, 6.07) is 0. The van der Waals surface area contributed by atoms with E-state index in [2.05, 4.69) is 34.6 Å². The van der Waals surface area contributed by atoms with Crippen LogP contribution < -0.4 is 10.6 Å². The Hall–Kier alpha value is -0.120. The normalized spacial score (nSPS) is 18.7. The summed E-state index contributed by atoms with van der Waals surface area (Å²) in [5.41, 5.74) is 0. The van der Waals surface area contributed by atoms with E-state index in [-0.39, 0.29) is 24.0 Å². The molecular formula is C14H31IN4O2. The standard InChI is InChI=1S/C14H30N4O2.HI/c1-15-14(16-7-4-9-18(2)3)17-8-5-10-20-13-6-11-19-12-13;/h13H,4-12H2,1-3H3,(H2,15,16,17);1H. The van der Waals surface area contributed by atoms with Gasteiger partial charge in [0.15, 0.2) is 5.96 Å². The van der Waals surface area contributed by atoms with Crippen molar-refractivity contribution in [3.8, 4) is 0 Å². The van der Waals surface area contributed by atoms with Crippen LogP contribution in [0.3, 0.4) is 0 Å². The van der Waals surface area contributed by atoms with Gasteiger partial charge in [-0.2, -0.15) is 0 Å². The highest BCUT2D eigenvalue weighted by atomic mass is 127. The minimum atomic E-state index is 0. The van der Waals surface area contributed by atoms with Crippen LogP contribution >= 0.6 is 24.0 Å². The second-order valence-electron chi connectivity index (χ2n) is 5.29. The SMILES string of the molecule is CN=C(NCCCOC1CCOC1)NCCCN(C)C.I. The number of rotatable bonds is 9. The van der Waals surface area contributed by atoms with Gasteiger partial charge in [-0.15, -0.1) is 24.0 Å². The fourth-order valence-corrected chi connectivity index (χ4v) is 2.00. The van der Waals surface area contributed by atoms with Crippen molar-refractivity contribution in [2.45, 2.75) is 25.4 Å². The number of nitrogens with zero attached hydrogens (tertiary/aromatic N) is 2. The van der Waals surface area contributed by atoms with Crippen molar-refractivity contribution in [1.82, 2.24) is 15.5 Å². The van der Waals surface area contributed by atoms with Gasteiger partial charge < -0.3 is 25.0 Å². The third-order valence-electron chi connectivity index (χ3n) is 3.15. The molecule has 1 fully saturated rings. The van der Waals surface area contributed by atoms with E-state index in [0.717, 1.165) is 64.7 Å². The molecule has 0 aliphatic carbocycles. The van der Waals surface area contributed by atoms with E-state index in [0.29, 0.717) is 6.10 Å². The first-order valence-corrected chi connectivity index (χ1v) is 7.51. The summed E-state index contributed by atoms with van der Waals surface area (Å²) in [5, 5.41) is 6.61. The molecule has 0 spiro atoms. The van der Waals surface area contributed by atoms with E-state index in [4.69, 9.17) is 9.47 Å². The molecule has 2 N–H and O–H groups in total. The predicted molar refractivity (Wildman–Crippen MR) is 97.7 cm³/mol. The smallest absolute Gasteiger partial charge is 0.190 e. The Morgan fingerprint density at radius 3 is 2.57 bits per heavy atom. The molecule has 0 bridgehead atoms. The van der Waals surface area contributed by atoms with Gasteiger partial charge in [-0.05, 0) is 39.9 Å². The topological polar surface area (TPSA) is 58.1 Å². The van der Waals surface area contributed by atoms with Crippen LogP contribution in [0.2, 0.25) is 0 Å². The third-order valence-corrected chi connectivity index (χ3v) is 3.15. The lowest BCUT2D eigenvalue weighted by Gasteiger charge is -2.14. The maximum Gasteiger partial charge on any atom is 0.190 e. The minimum Gasteiger partial charge on any atom is -0.379 e. The molecule has 1 heterocycles. The zero-order valence-electron chi connectivity index (χ0n) is 13.6. The number of nitrogens with one attached hydrogen (secondary N) is 2. The summed E-state index contributed by atoms with van der Waals surface area (Å²) in [5.74, 6) is 0.868. The summed E-state index contributed by atoms with van der Waals surface area (Å²) in [7, 11) is 5.97. The van der Waals surface area contributed by atoms with Crippen molar-refractivity contribution in [2.24, 2.45) is 4.99 Å². The molecular weight excluding hydrogens is 383 g/mol. The van der Waals surface area contributed by atoms with Crippen molar-refractivity contribution >= 4 is 29.9 Å². The maximum absolute atomic E-state index is 5.71. The molecule has 0 aromatic rings. The molecule has 7 heteroatoms. The van der Waals surface area contributed by atoms with E-state index in [1.54, 1.807) is 7.05 Å². The second-order valence-corrected chi connectivity index (χ2v) is 5.29. The molecule has 1 saturated heterocycles. The van der Waals surface area contributed by atoms with Crippen LogP contribution in [0.4, 0.5) is 0 Å². The number of ether oxygens (including phenoxy) is 2. The number of hydrogen-bond acceptors (Lipinski definition) is 4. The average molecular weight is 414 g/mol. The lowest BCUT2D eigenvalue weighted by Crippen LogP contribution is -2.39. The maximum atomic E-state index is 5.71. The van der Waals surface area contributed by atoms with Gasteiger partial charge in [0.05, 0.1) is 12.7 Å². The number of hydrogen-bond donors (Lipinski definition) is 2. The first-order valence-electron chi connectivity index (χ1n) is 7.51. The monoisotopic (exact) mass is 414 g/mol.